The highest BCUT2D eigenvalue weighted by Gasteiger charge is 2.11. The summed E-state index contributed by atoms with van der Waals surface area (Å²) in [5, 5.41) is 0.590. The molecule has 0 aliphatic carbocycles. The fourth-order valence-corrected chi connectivity index (χ4v) is 3.30. The van der Waals surface area contributed by atoms with Crippen LogP contribution in [0.5, 0.6) is 5.75 Å². The summed E-state index contributed by atoms with van der Waals surface area (Å²) in [7, 11) is -1.75. The van der Waals surface area contributed by atoms with Crippen molar-refractivity contribution in [1.82, 2.24) is 4.72 Å². The molecule has 0 aliphatic rings. The Morgan fingerprint density at radius 1 is 1.09 bits per heavy atom. The van der Waals surface area contributed by atoms with Crippen LogP contribution in [0.4, 0.5) is 0 Å². The molecule has 0 amide bonds. The molecule has 0 heterocycles. The minimum atomic E-state index is -3.36. The standard InChI is InChI=1S/C16H18ClNO3S/c1-21-16-4-2-3-13(11-16)9-10-18-22(19,20)12-14-5-7-15(17)8-6-14/h2-8,11,18H,9-10,12H2,1H3. The highest BCUT2D eigenvalue weighted by molar-refractivity contribution is 7.88. The van der Waals surface area contributed by atoms with E-state index < -0.39 is 10.0 Å². The van der Waals surface area contributed by atoms with Gasteiger partial charge in [0.2, 0.25) is 10.0 Å². The molecule has 2 aromatic carbocycles. The lowest BCUT2D eigenvalue weighted by atomic mass is 10.1. The van der Waals surface area contributed by atoms with E-state index in [-0.39, 0.29) is 5.75 Å². The van der Waals surface area contributed by atoms with Crippen molar-refractivity contribution in [3.05, 3.63) is 64.7 Å². The molecule has 0 fully saturated rings. The number of ether oxygens (including phenoxy) is 1. The van der Waals surface area contributed by atoms with Crippen LogP contribution in [0.25, 0.3) is 0 Å². The first-order valence-corrected chi connectivity index (χ1v) is 8.86. The molecule has 0 atom stereocenters. The number of hydrogen-bond donors (Lipinski definition) is 1. The molecule has 0 saturated heterocycles. The van der Waals surface area contributed by atoms with Crippen LogP contribution in [0.3, 0.4) is 0 Å². The Labute approximate surface area is 136 Å². The third-order valence-electron chi connectivity index (χ3n) is 3.14. The summed E-state index contributed by atoms with van der Waals surface area (Å²) in [5.41, 5.74) is 1.73. The summed E-state index contributed by atoms with van der Waals surface area (Å²) in [4.78, 5) is 0. The molecule has 1 N–H and O–H groups in total. The van der Waals surface area contributed by atoms with Crippen molar-refractivity contribution >= 4 is 21.6 Å². The quantitative estimate of drug-likeness (QED) is 0.843. The van der Waals surface area contributed by atoms with Gasteiger partial charge in [0.1, 0.15) is 5.75 Å². The molecule has 0 saturated carbocycles. The van der Waals surface area contributed by atoms with Crippen LogP contribution >= 0.6 is 11.6 Å². The van der Waals surface area contributed by atoms with Gasteiger partial charge in [0.05, 0.1) is 12.9 Å². The fourth-order valence-electron chi connectivity index (χ4n) is 2.03. The molecule has 6 heteroatoms. The van der Waals surface area contributed by atoms with E-state index in [2.05, 4.69) is 4.72 Å². The van der Waals surface area contributed by atoms with E-state index in [4.69, 9.17) is 16.3 Å². The van der Waals surface area contributed by atoms with E-state index in [1.54, 1.807) is 31.4 Å². The highest BCUT2D eigenvalue weighted by atomic mass is 35.5. The van der Waals surface area contributed by atoms with Crippen molar-refractivity contribution in [2.45, 2.75) is 12.2 Å². The number of rotatable bonds is 7. The Morgan fingerprint density at radius 2 is 1.82 bits per heavy atom. The van der Waals surface area contributed by atoms with E-state index in [1.807, 2.05) is 24.3 Å². The zero-order valence-electron chi connectivity index (χ0n) is 12.3. The summed E-state index contributed by atoms with van der Waals surface area (Å²) in [6, 6.07) is 14.4. The molecule has 118 valence electrons. The maximum absolute atomic E-state index is 12.0. The van der Waals surface area contributed by atoms with E-state index in [0.29, 0.717) is 23.6 Å². The predicted molar refractivity (Wildman–Crippen MR) is 88.8 cm³/mol. The normalized spacial score (nSPS) is 11.4. The van der Waals surface area contributed by atoms with Crippen LogP contribution in [0, 0.1) is 0 Å². The maximum atomic E-state index is 12.0. The molecular formula is C16H18ClNO3S. The van der Waals surface area contributed by atoms with Gasteiger partial charge in [-0.3, -0.25) is 0 Å². The predicted octanol–water partition coefficient (Wildman–Crippen LogP) is 3.01. The first-order chi connectivity index (χ1) is 10.5. The van der Waals surface area contributed by atoms with Crippen LogP contribution < -0.4 is 9.46 Å². The summed E-state index contributed by atoms with van der Waals surface area (Å²) in [5.74, 6) is 0.712. The van der Waals surface area contributed by atoms with Gasteiger partial charge in [0.15, 0.2) is 0 Å². The number of methoxy groups -OCH3 is 1. The highest BCUT2D eigenvalue weighted by Crippen LogP contribution is 2.13. The second-order valence-electron chi connectivity index (χ2n) is 4.88. The van der Waals surface area contributed by atoms with Gasteiger partial charge in [0.25, 0.3) is 0 Å². The third kappa shape index (κ3) is 5.33. The summed E-state index contributed by atoms with van der Waals surface area (Å²) >= 11 is 5.78. The van der Waals surface area contributed by atoms with Gasteiger partial charge in [-0.25, -0.2) is 13.1 Å². The average molecular weight is 340 g/mol. The molecule has 0 bridgehead atoms. The smallest absolute Gasteiger partial charge is 0.215 e. The van der Waals surface area contributed by atoms with Crippen molar-refractivity contribution in [2.75, 3.05) is 13.7 Å². The Balaban J connectivity index is 1.88. The maximum Gasteiger partial charge on any atom is 0.215 e. The molecule has 22 heavy (non-hydrogen) atoms. The molecule has 0 aliphatic heterocycles. The van der Waals surface area contributed by atoms with Crippen molar-refractivity contribution in [3.8, 4) is 5.75 Å². The SMILES string of the molecule is COc1cccc(CCNS(=O)(=O)Cc2ccc(Cl)cc2)c1. The van der Waals surface area contributed by atoms with Gasteiger partial charge in [-0.05, 0) is 41.8 Å². The first-order valence-electron chi connectivity index (χ1n) is 6.83. The lowest BCUT2D eigenvalue weighted by molar-refractivity contribution is 0.414. The lowest BCUT2D eigenvalue weighted by Gasteiger charge is -2.08. The van der Waals surface area contributed by atoms with Crippen molar-refractivity contribution < 1.29 is 13.2 Å². The summed E-state index contributed by atoms with van der Waals surface area (Å²) in [6.45, 7) is 0.350. The minimum Gasteiger partial charge on any atom is -0.497 e. The third-order valence-corrected chi connectivity index (χ3v) is 4.75. The van der Waals surface area contributed by atoms with Gasteiger partial charge < -0.3 is 4.74 Å². The summed E-state index contributed by atoms with van der Waals surface area (Å²) in [6.07, 6.45) is 0.608. The number of benzene rings is 2. The molecule has 0 spiro atoms. The number of nitrogens with one attached hydrogen (secondary N) is 1. The summed E-state index contributed by atoms with van der Waals surface area (Å²) < 4.78 is 31.8. The largest absolute Gasteiger partial charge is 0.497 e. The zero-order valence-corrected chi connectivity index (χ0v) is 13.8. The molecule has 0 radical (unpaired) electrons. The molecular weight excluding hydrogens is 322 g/mol. The average Bonchev–Trinajstić information content (AvgIpc) is 2.49. The lowest BCUT2D eigenvalue weighted by Crippen LogP contribution is -2.27. The number of sulfonamides is 1. The molecule has 2 aromatic rings. The second kappa shape index (κ2) is 7.63. The van der Waals surface area contributed by atoms with Gasteiger partial charge in [-0.2, -0.15) is 0 Å². The van der Waals surface area contributed by atoms with Crippen LogP contribution in [0.2, 0.25) is 5.02 Å². The van der Waals surface area contributed by atoms with Crippen molar-refractivity contribution in [1.29, 1.82) is 0 Å². The number of hydrogen-bond acceptors (Lipinski definition) is 3. The molecule has 4 nitrogen and oxygen atoms in total. The Kier molecular flexibility index (Phi) is 5.83. The topological polar surface area (TPSA) is 55.4 Å². The number of halogens is 1. The monoisotopic (exact) mass is 339 g/mol. The van der Waals surface area contributed by atoms with Crippen molar-refractivity contribution in [3.63, 3.8) is 0 Å². The van der Waals surface area contributed by atoms with Gasteiger partial charge >= 0.3 is 0 Å². The fraction of sp³-hybridized carbons (Fsp3) is 0.250. The second-order valence-corrected chi connectivity index (χ2v) is 7.12. The van der Waals surface area contributed by atoms with Crippen LogP contribution in [-0.4, -0.2) is 22.1 Å². The molecule has 2 rings (SSSR count). The van der Waals surface area contributed by atoms with Crippen LogP contribution in [0.1, 0.15) is 11.1 Å². The Morgan fingerprint density at radius 3 is 2.50 bits per heavy atom. The van der Waals surface area contributed by atoms with E-state index in [0.717, 1.165) is 11.3 Å². The van der Waals surface area contributed by atoms with Crippen LogP contribution in [0.15, 0.2) is 48.5 Å². The Bertz CT molecular complexity index is 714. The minimum absolute atomic E-state index is 0.0533. The van der Waals surface area contributed by atoms with Gasteiger partial charge in [0, 0.05) is 11.6 Å². The first kappa shape index (κ1) is 16.8. The van der Waals surface area contributed by atoms with E-state index in [9.17, 15) is 8.42 Å². The van der Waals surface area contributed by atoms with Crippen LogP contribution in [-0.2, 0) is 22.2 Å². The zero-order chi connectivity index (χ0) is 16.0. The van der Waals surface area contributed by atoms with Gasteiger partial charge in [-0.15, -0.1) is 0 Å². The van der Waals surface area contributed by atoms with Gasteiger partial charge in [-0.1, -0.05) is 35.9 Å². The molecule has 0 unspecified atom stereocenters. The van der Waals surface area contributed by atoms with E-state index in [1.165, 1.54) is 0 Å². The Hall–Kier alpha value is -1.56. The molecule has 0 aromatic heterocycles. The van der Waals surface area contributed by atoms with E-state index >= 15 is 0 Å². The van der Waals surface area contributed by atoms with Crippen molar-refractivity contribution in [2.24, 2.45) is 0 Å².